The highest BCUT2D eigenvalue weighted by molar-refractivity contribution is 5.36. The quantitative estimate of drug-likeness (QED) is 0.945. The summed E-state index contributed by atoms with van der Waals surface area (Å²) in [6.07, 6.45) is 3.87. The molecule has 1 aliphatic rings. The number of aromatic nitrogens is 2. The number of hydrogen-bond acceptors (Lipinski definition) is 4. The van der Waals surface area contributed by atoms with Crippen LogP contribution in [0.3, 0.4) is 0 Å². The van der Waals surface area contributed by atoms with Gasteiger partial charge in [-0.2, -0.15) is 0 Å². The Labute approximate surface area is 132 Å². The Morgan fingerprint density at radius 2 is 2.00 bits per heavy atom. The second-order valence-electron chi connectivity index (χ2n) is 7.07. The van der Waals surface area contributed by atoms with E-state index in [2.05, 4.69) is 48.0 Å². The maximum atomic E-state index is 6.28. The van der Waals surface area contributed by atoms with Gasteiger partial charge in [0, 0.05) is 31.4 Å². The lowest BCUT2D eigenvalue weighted by molar-refractivity contribution is 0.278. The first kappa shape index (κ1) is 15.0. The molecule has 4 heteroatoms. The molecule has 116 valence electrons. The Balaban J connectivity index is 1.84. The van der Waals surface area contributed by atoms with Crippen molar-refractivity contribution in [1.82, 2.24) is 9.97 Å². The molecule has 3 rings (SSSR count). The second-order valence-corrected chi connectivity index (χ2v) is 7.07. The highest BCUT2D eigenvalue weighted by Gasteiger charge is 2.31. The Bertz CT molecular complexity index is 651. The van der Waals surface area contributed by atoms with Crippen molar-refractivity contribution in [3.63, 3.8) is 0 Å². The maximum Gasteiger partial charge on any atom is 0.225 e. The van der Waals surface area contributed by atoms with Gasteiger partial charge in [0.15, 0.2) is 0 Å². The summed E-state index contributed by atoms with van der Waals surface area (Å²) in [5, 5.41) is 0. The van der Waals surface area contributed by atoms with Gasteiger partial charge in [0.05, 0.1) is 5.69 Å². The van der Waals surface area contributed by atoms with Crippen LogP contribution in [0.15, 0.2) is 36.5 Å². The predicted octanol–water partition coefficient (Wildman–Crippen LogP) is 3.09. The van der Waals surface area contributed by atoms with E-state index in [9.17, 15) is 0 Å². The van der Waals surface area contributed by atoms with E-state index in [0.717, 1.165) is 36.6 Å². The zero-order chi connectivity index (χ0) is 15.7. The van der Waals surface area contributed by atoms with Gasteiger partial charge in [-0.25, -0.2) is 9.97 Å². The molecular formula is C18H24N4. The van der Waals surface area contributed by atoms with Gasteiger partial charge in [-0.3, -0.25) is 0 Å². The zero-order valence-corrected chi connectivity index (χ0v) is 13.6. The van der Waals surface area contributed by atoms with Crippen molar-refractivity contribution < 1.29 is 0 Å². The molecular weight excluding hydrogens is 272 g/mol. The Kier molecular flexibility index (Phi) is 3.87. The van der Waals surface area contributed by atoms with Crippen LogP contribution in [0.4, 0.5) is 5.95 Å². The summed E-state index contributed by atoms with van der Waals surface area (Å²) in [6.45, 7) is 5.31. The molecule has 0 saturated heterocycles. The average Bonchev–Trinajstić information content (AvgIpc) is 2.46. The van der Waals surface area contributed by atoms with Gasteiger partial charge in [0.2, 0.25) is 5.95 Å². The van der Waals surface area contributed by atoms with Crippen LogP contribution in [-0.2, 0) is 13.0 Å². The molecule has 1 heterocycles. The molecule has 0 spiro atoms. The molecule has 1 aromatic heterocycles. The normalized spacial score (nSPS) is 19.5. The minimum atomic E-state index is 0.0484. The van der Waals surface area contributed by atoms with E-state index in [1.165, 1.54) is 5.56 Å². The number of fused-ring (bicyclic) bond motifs is 1. The molecule has 0 radical (unpaired) electrons. The average molecular weight is 296 g/mol. The fourth-order valence-electron chi connectivity index (χ4n) is 3.21. The first-order valence-corrected chi connectivity index (χ1v) is 7.81. The van der Waals surface area contributed by atoms with Crippen LogP contribution in [0, 0.1) is 5.41 Å². The van der Waals surface area contributed by atoms with Crippen molar-refractivity contribution in [2.45, 2.75) is 39.3 Å². The molecule has 22 heavy (non-hydrogen) atoms. The molecule has 0 amide bonds. The second kappa shape index (κ2) is 5.69. The van der Waals surface area contributed by atoms with Crippen LogP contribution < -0.4 is 10.6 Å². The van der Waals surface area contributed by atoms with E-state index < -0.39 is 0 Å². The van der Waals surface area contributed by atoms with Gasteiger partial charge in [0.25, 0.3) is 0 Å². The summed E-state index contributed by atoms with van der Waals surface area (Å²) in [5.74, 6) is 0.771. The standard InChI is InChI=1S/C18H24N4/c1-18(2)9-15(19)14-11-20-17(21-16(14)10-18)22(3)12-13-7-5-4-6-8-13/h4-8,11,15H,9-10,12,19H2,1-3H3/t15-/m1/s1. The van der Waals surface area contributed by atoms with Crippen molar-refractivity contribution in [2.75, 3.05) is 11.9 Å². The molecule has 2 aromatic rings. The van der Waals surface area contributed by atoms with Crippen molar-refractivity contribution in [3.8, 4) is 0 Å². The van der Waals surface area contributed by atoms with E-state index in [4.69, 9.17) is 10.7 Å². The summed E-state index contributed by atoms with van der Waals surface area (Å²) < 4.78 is 0. The first-order valence-electron chi connectivity index (χ1n) is 7.81. The monoisotopic (exact) mass is 296 g/mol. The number of benzene rings is 1. The fourth-order valence-corrected chi connectivity index (χ4v) is 3.21. The van der Waals surface area contributed by atoms with E-state index >= 15 is 0 Å². The number of nitrogens with zero attached hydrogens (tertiary/aromatic N) is 3. The SMILES string of the molecule is CN(Cc1ccccc1)c1ncc2c(n1)CC(C)(C)C[C@H]2N. The fraction of sp³-hybridized carbons (Fsp3) is 0.444. The molecule has 0 unspecified atom stereocenters. The largest absolute Gasteiger partial charge is 0.340 e. The lowest BCUT2D eigenvalue weighted by atomic mass is 9.74. The van der Waals surface area contributed by atoms with Gasteiger partial charge >= 0.3 is 0 Å². The Morgan fingerprint density at radius 1 is 1.27 bits per heavy atom. The highest BCUT2D eigenvalue weighted by atomic mass is 15.2. The third-order valence-corrected chi connectivity index (χ3v) is 4.31. The van der Waals surface area contributed by atoms with Gasteiger partial charge in [-0.15, -0.1) is 0 Å². The number of nitrogens with two attached hydrogens (primary N) is 1. The molecule has 1 aromatic carbocycles. The van der Waals surface area contributed by atoms with Gasteiger partial charge in [0.1, 0.15) is 0 Å². The molecule has 0 aliphatic heterocycles. The molecule has 1 atom stereocenters. The zero-order valence-electron chi connectivity index (χ0n) is 13.6. The molecule has 4 nitrogen and oxygen atoms in total. The summed E-state index contributed by atoms with van der Waals surface area (Å²) >= 11 is 0. The minimum absolute atomic E-state index is 0.0484. The maximum absolute atomic E-state index is 6.28. The van der Waals surface area contributed by atoms with Crippen molar-refractivity contribution in [2.24, 2.45) is 11.1 Å². The number of anilines is 1. The summed E-state index contributed by atoms with van der Waals surface area (Å²) in [7, 11) is 2.03. The van der Waals surface area contributed by atoms with Crippen LogP contribution in [0.2, 0.25) is 0 Å². The van der Waals surface area contributed by atoms with E-state index in [-0.39, 0.29) is 11.5 Å². The topological polar surface area (TPSA) is 55.0 Å². The van der Waals surface area contributed by atoms with Crippen molar-refractivity contribution in [3.05, 3.63) is 53.3 Å². The third-order valence-electron chi connectivity index (χ3n) is 4.31. The van der Waals surface area contributed by atoms with Crippen molar-refractivity contribution in [1.29, 1.82) is 0 Å². The first-order chi connectivity index (χ1) is 10.4. The van der Waals surface area contributed by atoms with Gasteiger partial charge in [-0.05, 0) is 23.8 Å². The van der Waals surface area contributed by atoms with Crippen LogP contribution in [0.1, 0.15) is 43.1 Å². The predicted molar refractivity (Wildman–Crippen MR) is 89.6 cm³/mol. The molecule has 0 fully saturated rings. The summed E-state index contributed by atoms with van der Waals surface area (Å²) in [4.78, 5) is 11.4. The van der Waals surface area contributed by atoms with Crippen LogP contribution in [-0.4, -0.2) is 17.0 Å². The van der Waals surface area contributed by atoms with Crippen LogP contribution in [0.25, 0.3) is 0 Å². The molecule has 2 N–H and O–H groups in total. The molecule has 1 aliphatic carbocycles. The van der Waals surface area contributed by atoms with Gasteiger partial charge in [-0.1, -0.05) is 44.2 Å². The summed E-state index contributed by atoms with van der Waals surface area (Å²) in [5.41, 5.74) is 9.95. The van der Waals surface area contributed by atoms with E-state index in [1.807, 2.05) is 19.3 Å². The summed E-state index contributed by atoms with van der Waals surface area (Å²) in [6, 6.07) is 10.4. The van der Waals surface area contributed by atoms with Gasteiger partial charge < -0.3 is 10.6 Å². The van der Waals surface area contributed by atoms with E-state index in [0.29, 0.717) is 0 Å². The van der Waals surface area contributed by atoms with Crippen LogP contribution in [0.5, 0.6) is 0 Å². The lowest BCUT2D eigenvalue weighted by Crippen LogP contribution is -2.31. The minimum Gasteiger partial charge on any atom is -0.340 e. The smallest absolute Gasteiger partial charge is 0.225 e. The van der Waals surface area contributed by atoms with E-state index in [1.54, 1.807) is 0 Å². The Morgan fingerprint density at radius 3 is 2.73 bits per heavy atom. The number of rotatable bonds is 3. The third kappa shape index (κ3) is 3.12. The molecule has 0 bridgehead atoms. The highest BCUT2D eigenvalue weighted by Crippen LogP contribution is 2.38. The number of hydrogen-bond donors (Lipinski definition) is 1. The lowest BCUT2D eigenvalue weighted by Gasteiger charge is -2.34. The van der Waals surface area contributed by atoms with Crippen LogP contribution >= 0.6 is 0 Å². The molecule has 0 saturated carbocycles. The van der Waals surface area contributed by atoms with Crippen molar-refractivity contribution >= 4 is 5.95 Å². The Hall–Kier alpha value is -1.94.